The largest absolute Gasteiger partial charge is 0.491 e. The zero-order valence-electron chi connectivity index (χ0n) is 10.2. The maximum atomic E-state index is 11.9. The van der Waals surface area contributed by atoms with Crippen molar-refractivity contribution in [1.29, 1.82) is 0 Å². The van der Waals surface area contributed by atoms with Gasteiger partial charge in [0.05, 0.1) is 18.1 Å². The van der Waals surface area contributed by atoms with Crippen molar-refractivity contribution in [3.8, 4) is 5.75 Å². The molecule has 4 nitrogen and oxygen atoms in total. The first-order valence-electron chi connectivity index (χ1n) is 6.13. The topological polar surface area (TPSA) is 41.6 Å². The number of carbonyl (C=O) groups is 1. The molecule has 2 rings (SSSR count). The van der Waals surface area contributed by atoms with E-state index in [1.54, 1.807) is 12.1 Å². The molecule has 1 N–H and O–H groups in total. The smallest absolute Gasteiger partial charge is 0.226 e. The molecule has 0 spiro atoms. The van der Waals surface area contributed by atoms with Crippen LogP contribution in [0.4, 0.5) is 0 Å². The number of benzene rings is 1. The Morgan fingerprint density at radius 2 is 2.06 bits per heavy atom. The van der Waals surface area contributed by atoms with Crippen molar-refractivity contribution in [2.45, 2.75) is 6.42 Å². The van der Waals surface area contributed by atoms with E-state index in [0.717, 1.165) is 26.2 Å². The van der Waals surface area contributed by atoms with E-state index in [2.05, 4.69) is 5.32 Å². The molecule has 1 aromatic carbocycles. The third kappa shape index (κ3) is 3.62. The summed E-state index contributed by atoms with van der Waals surface area (Å²) in [6, 6.07) is 7.28. The van der Waals surface area contributed by atoms with Crippen molar-refractivity contribution in [3.63, 3.8) is 0 Å². The average molecular weight is 269 g/mol. The van der Waals surface area contributed by atoms with Gasteiger partial charge in [-0.25, -0.2) is 0 Å². The second kappa shape index (κ2) is 6.61. The third-order valence-corrected chi connectivity index (χ3v) is 3.19. The van der Waals surface area contributed by atoms with Crippen LogP contribution in [0, 0.1) is 0 Å². The highest BCUT2D eigenvalue weighted by atomic mass is 35.5. The summed E-state index contributed by atoms with van der Waals surface area (Å²) in [7, 11) is 0. The van der Waals surface area contributed by atoms with Crippen LogP contribution in [0.15, 0.2) is 24.3 Å². The second-order valence-corrected chi connectivity index (χ2v) is 4.57. The first-order valence-corrected chi connectivity index (χ1v) is 6.51. The van der Waals surface area contributed by atoms with Crippen LogP contribution in [-0.4, -0.2) is 43.6 Å². The molecule has 1 aromatic rings. The number of carbonyl (C=O) groups excluding carboxylic acids is 1. The van der Waals surface area contributed by atoms with Crippen molar-refractivity contribution in [1.82, 2.24) is 10.2 Å². The molecule has 1 heterocycles. The highest BCUT2D eigenvalue weighted by Gasteiger charge is 2.15. The van der Waals surface area contributed by atoms with Crippen molar-refractivity contribution in [2.75, 3.05) is 32.8 Å². The average Bonchev–Trinajstić information content (AvgIpc) is 2.42. The SMILES string of the molecule is O=C(CCOc1ccccc1Cl)N1CCNCC1. The Bertz CT molecular complexity index is 406. The van der Waals surface area contributed by atoms with E-state index in [0.29, 0.717) is 23.8 Å². The van der Waals surface area contributed by atoms with Gasteiger partial charge in [-0.1, -0.05) is 23.7 Å². The first-order chi connectivity index (χ1) is 8.77. The van der Waals surface area contributed by atoms with Crippen LogP contribution in [0.25, 0.3) is 0 Å². The van der Waals surface area contributed by atoms with E-state index in [4.69, 9.17) is 16.3 Å². The van der Waals surface area contributed by atoms with Gasteiger partial charge >= 0.3 is 0 Å². The van der Waals surface area contributed by atoms with E-state index < -0.39 is 0 Å². The minimum absolute atomic E-state index is 0.142. The molecule has 1 fully saturated rings. The van der Waals surface area contributed by atoms with E-state index in [9.17, 15) is 4.79 Å². The van der Waals surface area contributed by atoms with Crippen LogP contribution in [0.3, 0.4) is 0 Å². The zero-order valence-corrected chi connectivity index (χ0v) is 10.9. The Balaban J connectivity index is 1.75. The molecule has 18 heavy (non-hydrogen) atoms. The van der Waals surface area contributed by atoms with Crippen molar-refractivity contribution in [2.24, 2.45) is 0 Å². The molecule has 0 aliphatic carbocycles. The van der Waals surface area contributed by atoms with Crippen molar-refractivity contribution in [3.05, 3.63) is 29.3 Å². The molecule has 0 unspecified atom stereocenters. The van der Waals surface area contributed by atoms with Gasteiger partial charge in [-0.05, 0) is 12.1 Å². The normalized spacial score (nSPS) is 15.5. The maximum absolute atomic E-state index is 11.9. The Morgan fingerprint density at radius 3 is 2.78 bits per heavy atom. The number of nitrogens with zero attached hydrogens (tertiary/aromatic N) is 1. The number of para-hydroxylation sites is 1. The summed E-state index contributed by atoms with van der Waals surface area (Å²) in [5.74, 6) is 0.774. The molecule has 5 heteroatoms. The lowest BCUT2D eigenvalue weighted by Crippen LogP contribution is -2.46. The van der Waals surface area contributed by atoms with E-state index in [1.807, 2.05) is 17.0 Å². The third-order valence-electron chi connectivity index (χ3n) is 2.88. The summed E-state index contributed by atoms with van der Waals surface area (Å²) >= 11 is 5.96. The highest BCUT2D eigenvalue weighted by molar-refractivity contribution is 6.32. The fraction of sp³-hybridized carbons (Fsp3) is 0.462. The molecule has 1 aliphatic heterocycles. The molecule has 1 amide bonds. The second-order valence-electron chi connectivity index (χ2n) is 4.16. The molecule has 1 aliphatic rings. The van der Waals surface area contributed by atoms with Crippen molar-refractivity contribution >= 4 is 17.5 Å². The molecule has 0 atom stereocenters. The zero-order chi connectivity index (χ0) is 12.8. The lowest BCUT2D eigenvalue weighted by Gasteiger charge is -2.27. The van der Waals surface area contributed by atoms with Gasteiger partial charge < -0.3 is 15.0 Å². The lowest BCUT2D eigenvalue weighted by atomic mass is 10.3. The van der Waals surface area contributed by atoms with Crippen LogP contribution in [-0.2, 0) is 4.79 Å². The Hall–Kier alpha value is -1.26. The van der Waals surface area contributed by atoms with E-state index in [1.165, 1.54) is 0 Å². The van der Waals surface area contributed by atoms with Crippen LogP contribution in [0.5, 0.6) is 5.75 Å². The summed E-state index contributed by atoms with van der Waals surface area (Å²) in [6.45, 7) is 3.68. The molecule has 0 radical (unpaired) electrons. The van der Waals surface area contributed by atoms with Crippen LogP contribution in [0.1, 0.15) is 6.42 Å². The summed E-state index contributed by atoms with van der Waals surface area (Å²) in [5.41, 5.74) is 0. The number of halogens is 1. The summed E-state index contributed by atoms with van der Waals surface area (Å²) in [4.78, 5) is 13.7. The highest BCUT2D eigenvalue weighted by Crippen LogP contribution is 2.23. The maximum Gasteiger partial charge on any atom is 0.226 e. The van der Waals surface area contributed by atoms with Gasteiger partial charge in [-0.2, -0.15) is 0 Å². The lowest BCUT2D eigenvalue weighted by molar-refractivity contribution is -0.132. The number of piperazine rings is 1. The number of hydrogen-bond donors (Lipinski definition) is 1. The molecule has 98 valence electrons. The van der Waals surface area contributed by atoms with E-state index in [-0.39, 0.29) is 5.91 Å². The molecule has 0 aromatic heterocycles. The van der Waals surface area contributed by atoms with Gasteiger partial charge in [0.15, 0.2) is 0 Å². The Kier molecular flexibility index (Phi) is 4.84. The van der Waals surface area contributed by atoms with Crippen LogP contribution >= 0.6 is 11.6 Å². The number of ether oxygens (including phenoxy) is 1. The molecule has 0 bridgehead atoms. The van der Waals surface area contributed by atoms with E-state index >= 15 is 0 Å². The van der Waals surface area contributed by atoms with Crippen molar-refractivity contribution < 1.29 is 9.53 Å². The van der Waals surface area contributed by atoms with Gasteiger partial charge in [0.2, 0.25) is 5.91 Å². The summed E-state index contributed by atoms with van der Waals surface area (Å²) in [6.07, 6.45) is 0.394. The summed E-state index contributed by atoms with van der Waals surface area (Å²) < 4.78 is 5.50. The Morgan fingerprint density at radius 1 is 1.33 bits per heavy atom. The predicted molar refractivity (Wildman–Crippen MR) is 71.0 cm³/mol. The summed E-state index contributed by atoms with van der Waals surface area (Å²) in [5, 5.41) is 3.79. The number of rotatable bonds is 4. The van der Waals surface area contributed by atoms with Gasteiger partial charge in [0, 0.05) is 26.2 Å². The van der Waals surface area contributed by atoms with Crippen LogP contribution < -0.4 is 10.1 Å². The van der Waals surface area contributed by atoms with Crippen LogP contribution in [0.2, 0.25) is 5.02 Å². The number of hydrogen-bond acceptors (Lipinski definition) is 3. The standard InChI is InChI=1S/C13H17ClN2O2/c14-11-3-1-2-4-12(11)18-10-5-13(17)16-8-6-15-7-9-16/h1-4,15H,5-10H2. The van der Waals surface area contributed by atoms with Gasteiger partial charge in [-0.15, -0.1) is 0 Å². The molecule has 0 saturated carbocycles. The number of nitrogens with one attached hydrogen (secondary N) is 1. The molecular weight excluding hydrogens is 252 g/mol. The molecular formula is C13H17ClN2O2. The Labute approximate surface area is 112 Å². The fourth-order valence-corrected chi connectivity index (χ4v) is 2.07. The van der Waals surface area contributed by atoms with Gasteiger partial charge in [-0.3, -0.25) is 4.79 Å². The minimum Gasteiger partial charge on any atom is -0.491 e. The fourth-order valence-electron chi connectivity index (χ4n) is 1.88. The first kappa shape index (κ1) is 13.2. The number of amides is 1. The quantitative estimate of drug-likeness (QED) is 0.901. The monoisotopic (exact) mass is 268 g/mol. The predicted octanol–water partition coefficient (Wildman–Crippen LogP) is 1.54. The van der Waals surface area contributed by atoms with Gasteiger partial charge in [0.25, 0.3) is 0 Å². The minimum atomic E-state index is 0.142. The van der Waals surface area contributed by atoms with Gasteiger partial charge in [0.1, 0.15) is 5.75 Å². The molecule has 1 saturated heterocycles.